The van der Waals surface area contributed by atoms with Crippen molar-refractivity contribution in [3.05, 3.63) is 40.6 Å². The zero-order chi connectivity index (χ0) is 17.0. The van der Waals surface area contributed by atoms with Crippen LogP contribution in [0.1, 0.15) is 30.6 Å². The van der Waals surface area contributed by atoms with Crippen molar-refractivity contribution in [2.24, 2.45) is 0 Å². The summed E-state index contributed by atoms with van der Waals surface area (Å²) in [7, 11) is 0. The Labute approximate surface area is 150 Å². The largest absolute Gasteiger partial charge is 0.384 e. The molecule has 0 fully saturated rings. The van der Waals surface area contributed by atoms with Crippen molar-refractivity contribution in [2.45, 2.75) is 25.0 Å². The number of aromatic amines is 1. The first-order valence-electron chi connectivity index (χ1n) is 8.84. The molecule has 25 heavy (non-hydrogen) atoms. The predicted octanol–water partition coefficient (Wildman–Crippen LogP) is 3.85. The lowest BCUT2D eigenvalue weighted by atomic mass is 10.0. The summed E-state index contributed by atoms with van der Waals surface area (Å²) >= 11 is 2.05. The van der Waals surface area contributed by atoms with Crippen LogP contribution in [0, 0.1) is 0 Å². The summed E-state index contributed by atoms with van der Waals surface area (Å²) in [4.78, 5) is 16.3. The summed E-state index contributed by atoms with van der Waals surface area (Å²) in [6.07, 6.45) is 6.17. The van der Waals surface area contributed by atoms with E-state index < -0.39 is 0 Å². The second kappa shape index (κ2) is 5.75. The van der Waals surface area contributed by atoms with Crippen LogP contribution in [0.5, 0.6) is 0 Å². The fraction of sp³-hybridized carbons (Fsp3) is 0.368. The van der Waals surface area contributed by atoms with Gasteiger partial charge in [-0.1, -0.05) is 6.92 Å². The molecule has 0 amide bonds. The van der Waals surface area contributed by atoms with Crippen molar-refractivity contribution in [1.29, 1.82) is 0 Å². The van der Waals surface area contributed by atoms with Crippen LogP contribution in [0.3, 0.4) is 0 Å². The van der Waals surface area contributed by atoms with Crippen molar-refractivity contribution >= 4 is 39.5 Å². The van der Waals surface area contributed by atoms with Crippen LogP contribution in [0.4, 0.5) is 5.82 Å². The van der Waals surface area contributed by atoms with E-state index >= 15 is 0 Å². The van der Waals surface area contributed by atoms with Gasteiger partial charge in [-0.05, 0) is 47.6 Å². The highest BCUT2D eigenvalue weighted by Crippen LogP contribution is 2.50. The Morgan fingerprint density at radius 1 is 1.28 bits per heavy atom. The minimum atomic E-state index is 0.489. The zero-order valence-electron chi connectivity index (χ0n) is 14.2. The number of likely N-dealkylation sites (N-methyl/N-ethyl adjacent to an activating group) is 1. The molecule has 0 aliphatic carbocycles. The molecule has 3 aromatic rings. The summed E-state index contributed by atoms with van der Waals surface area (Å²) in [5, 5.41) is 2.74. The first kappa shape index (κ1) is 15.2. The van der Waals surface area contributed by atoms with Crippen molar-refractivity contribution < 1.29 is 0 Å². The number of nitrogen functional groups attached to an aromatic ring is 1. The first-order valence-corrected chi connectivity index (χ1v) is 9.72. The highest BCUT2D eigenvalue weighted by molar-refractivity contribution is 8.03. The molecule has 0 bridgehead atoms. The van der Waals surface area contributed by atoms with Gasteiger partial charge >= 0.3 is 0 Å². The minimum Gasteiger partial charge on any atom is -0.384 e. The molecular formula is C19H21N5S. The predicted molar refractivity (Wildman–Crippen MR) is 105 cm³/mol. The second-order valence-corrected chi connectivity index (χ2v) is 8.20. The molecule has 2 aliphatic heterocycles. The molecule has 5 rings (SSSR count). The van der Waals surface area contributed by atoms with Gasteiger partial charge in [0.15, 0.2) is 0 Å². The molecule has 5 heterocycles. The number of nitrogens with two attached hydrogens (primary N) is 1. The van der Waals surface area contributed by atoms with Gasteiger partial charge in [0.05, 0.1) is 11.7 Å². The lowest BCUT2D eigenvalue weighted by Gasteiger charge is -2.26. The van der Waals surface area contributed by atoms with Gasteiger partial charge in [0.1, 0.15) is 11.5 Å². The highest BCUT2D eigenvalue weighted by atomic mass is 32.2. The van der Waals surface area contributed by atoms with E-state index in [0.29, 0.717) is 11.1 Å². The molecule has 0 aromatic carbocycles. The lowest BCUT2D eigenvalue weighted by Crippen LogP contribution is -2.30. The van der Waals surface area contributed by atoms with Crippen LogP contribution in [0.25, 0.3) is 21.9 Å². The fourth-order valence-corrected chi connectivity index (χ4v) is 5.39. The number of fused-ring (bicyclic) bond motifs is 3. The molecule has 3 N–H and O–H groups in total. The number of nitrogens with zero attached hydrogens (tertiary/aromatic N) is 3. The van der Waals surface area contributed by atoms with Gasteiger partial charge in [0, 0.05) is 35.3 Å². The number of aromatic nitrogens is 3. The van der Waals surface area contributed by atoms with Crippen LogP contribution in [-0.2, 0) is 0 Å². The van der Waals surface area contributed by atoms with E-state index in [4.69, 9.17) is 5.73 Å². The average Bonchev–Trinajstić information content (AvgIpc) is 3.21. The SMILES string of the molecule is CCN1CCC2=C(CC(c3cnc4[nH]c5cnc(N)cc5c4c3)S2)C1. The Bertz CT molecular complexity index is 1010. The van der Waals surface area contributed by atoms with Crippen LogP contribution in [-0.4, -0.2) is 39.5 Å². The van der Waals surface area contributed by atoms with Crippen molar-refractivity contribution in [2.75, 3.05) is 25.4 Å². The molecule has 128 valence electrons. The maximum absolute atomic E-state index is 5.88. The molecule has 6 heteroatoms. The Morgan fingerprint density at radius 3 is 3.08 bits per heavy atom. The number of hydrogen-bond donors (Lipinski definition) is 2. The normalized spacial score (nSPS) is 21.4. The molecule has 3 aromatic heterocycles. The van der Waals surface area contributed by atoms with E-state index in [-0.39, 0.29) is 0 Å². The first-order chi connectivity index (χ1) is 12.2. The summed E-state index contributed by atoms with van der Waals surface area (Å²) in [6.45, 7) is 5.73. The van der Waals surface area contributed by atoms with Crippen molar-refractivity contribution in [3.63, 3.8) is 0 Å². The van der Waals surface area contributed by atoms with Gasteiger partial charge in [0.2, 0.25) is 0 Å². The number of rotatable bonds is 2. The zero-order valence-corrected chi connectivity index (χ0v) is 15.1. The summed E-state index contributed by atoms with van der Waals surface area (Å²) in [5.41, 5.74) is 10.7. The molecule has 0 radical (unpaired) electrons. The quantitative estimate of drug-likeness (QED) is 0.734. The molecule has 0 spiro atoms. The monoisotopic (exact) mass is 351 g/mol. The average molecular weight is 351 g/mol. The van der Waals surface area contributed by atoms with E-state index in [1.807, 2.05) is 24.0 Å². The third-order valence-corrected chi connectivity index (χ3v) is 6.88. The summed E-state index contributed by atoms with van der Waals surface area (Å²) in [6, 6.07) is 4.22. The van der Waals surface area contributed by atoms with E-state index in [1.165, 1.54) is 18.5 Å². The van der Waals surface area contributed by atoms with Crippen LogP contribution in [0.15, 0.2) is 35.0 Å². The topological polar surface area (TPSA) is 70.8 Å². The Hall–Kier alpha value is -2.05. The van der Waals surface area contributed by atoms with Crippen LogP contribution >= 0.6 is 11.8 Å². The van der Waals surface area contributed by atoms with Gasteiger partial charge in [-0.25, -0.2) is 9.97 Å². The third-order valence-electron chi connectivity index (χ3n) is 5.38. The lowest BCUT2D eigenvalue weighted by molar-refractivity contribution is 0.302. The Morgan fingerprint density at radius 2 is 2.20 bits per heavy atom. The molecule has 0 saturated heterocycles. The number of anilines is 1. The van der Waals surface area contributed by atoms with Gasteiger partial charge in [-0.15, -0.1) is 11.8 Å². The molecular weight excluding hydrogens is 330 g/mol. The van der Waals surface area contributed by atoms with Gasteiger partial charge in [-0.3, -0.25) is 4.90 Å². The number of thioether (sulfide) groups is 1. The van der Waals surface area contributed by atoms with Gasteiger partial charge in [-0.2, -0.15) is 0 Å². The number of H-pyrrole nitrogens is 1. The third kappa shape index (κ3) is 2.51. The van der Waals surface area contributed by atoms with E-state index in [9.17, 15) is 0 Å². The Kier molecular flexibility index (Phi) is 3.50. The molecule has 0 saturated carbocycles. The van der Waals surface area contributed by atoms with Crippen LogP contribution in [0.2, 0.25) is 0 Å². The molecule has 1 atom stereocenters. The van der Waals surface area contributed by atoms with Crippen LogP contribution < -0.4 is 5.73 Å². The second-order valence-electron chi connectivity index (χ2n) is 6.90. The number of nitrogens with one attached hydrogen (secondary N) is 1. The number of hydrogen-bond acceptors (Lipinski definition) is 5. The standard InChI is InChI=1S/C19H21N5S/c1-2-24-4-3-16-12(10-24)6-17(25-16)11-5-14-13-7-18(20)21-9-15(13)23-19(14)22-8-11/h5,7-9,17H,2-4,6,10H2,1H3,(H2,20,21)(H,22,23). The van der Waals surface area contributed by atoms with Gasteiger partial charge in [0.25, 0.3) is 0 Å². The van der Waals surface area contributed by atoms with Gasteiger partial charge < -0.3 is 10.7 Å². The smallest absolute Gasteiger partial charge is 0.138 e. The maximum atomic E-state index is 5.88. The summed E-state index contributed by atoms with van der Waals surface area (Å²) in [5.74, 6) is 0.547. The molecule has 5 nitrogen and oxygen atoms in total. The molecule has 1 unspecified atom stereocenters. The van der Waals surface area contributed by atoms with Crippen molar-refractivity contribution in [3.8, 4) is 0 Å². The minimum absolute atomic E-state index is 0.489. The highest BCUT2D eigenvalue weighted by Gasteiger charge is 2.30. The Balaban J connectivity index is 1.50. The van der Waals surface area contributed by atoms with E-state index in [0.717, 1.165) is 41.4 Å². The maximum Gasteiger partial charge on any atom is 0.138 e. The van der Waals surface area contributed by atoms with Crippen molar-refractivity contribution in [1.82, 2.24) is 19.9 Å². The molecule has 2 aliphatic rings. The summed E-state index contributed by atoms with van der Waals surface area (Å²) < 4.78 is 0. The fourth-order valence-electron chi connectivity index (χ4n) is 3.97. The van der Waals surface area contributed by atoms with E-state index in [1.54, 1.807) is 16.7 Å². The van der Waals surface area contributed by atoms with E-state index in [2.05, 4.69) is 32.8 Å². The number of pyridine rings is 2.